The van der Waals surface area contributed by atoms with E-state index in [-0.39, 0.29) is 24.9 Å². The molecule has 1 aliphatic rings. The second-order valence-electron chi connectivity index (χ2n) is 5.76. The number of amides is 1. The smallest absolute Gasteiger partial charge is 0.403 e. The first kappa shape index (κ1) is 18.3. The maximum Gasteiger partial charge on any atom is 0.403 e. The van der Waals surface area contributed by atoms with Gasteiger partial charge in [-0.1, -0.05) is 0 Å². The third kappa shape index (κ3) is 3.89. The Bertz CT molecular complexity index is 627. The van der Waals surface area contributed by atoms with Gasteiger partial charge in [0.2, 0.25) is 5.91 Å². The third-order valence-corrected chi connectivity index (χ3v) is 3.98. The van der Waals surface area contributed by atoms with Crippen LogP contribution >= 0.6 is 0 Å². The van der Waals surface area contributed by atoms with Crippen LogP contribution in [-0.4, -0.2) is 49.2 Å². The SMILES string of the molecule is COC(=O)c1cc(CN(C)C(=O)C2CCC(C(F)(F)F)N2)oc1C. The van der Waals surface area contributed by atoms with Crippen molar-refractivity contribution in [2.75, 3.05) is 14.2 Å². The molecular formula is C15H19F3N2O4. The highest BCUT2D eigenvalue weighted by Gasteiger charge is 2.45. The highest BCUT2D eigenvalue weighted by atomic mass is 19.4. The zero-order chi connectivity index (χ0) is 18.1. The van der Waals surface area contributed by atoms with Crippen LogP contribution in [0.15, 0.2) is 10.5 Å². The number of nitrogens with zero attached hydrogens (tertiary/aromatic N) is 1. The number of rotatable bonds is 4. The Morgan fingerprint density at radius 1 is 1.42 bits per heavy atom. The first-order chi connectivity index (χ1) is 11.1. The lowest BCUT2D eigenvalue weighted by Crippen LogP contribution is -2.47. The van der Waals surface area contributed by atoms with E-state index in [1.807, 2.05) is 0 Å². The highest BCUT2D eigenvalue weighted by Crippen LogP contribution is 2.29. The fourth-order valence-corrected chi connectivity index (χ4v) is 2.71. The Morgan fingerprint density at radius 3 is 2.62 bits per heavy atom. The number of halogens is 3. The lowest BCUT2D eigenvalue weighted by Gasteiger charge is -2.21. The fraction of sp³-hybridized carbons (Fsp3) is 0.600. The highest BCUT2D eigenvalue weighted by molar-refractivity contribution is 5.90. The fourth-order valence-electron chi connectivity index (χ4n) is 2.71. The molecule has 1 aromatic heterocycles. The summed E-state index contributed by atoms with van der Waals surface area (Å²) in [4.78, 5) is 25.1. The number of carbonyl (C=O) groups excluding carboxylic acids is 2. The lowest BCUT2D eigenvalue weighted by molar-refractivity contribution is -0.153. The average molecular weight is 348 g/mol. The molecule has 9 heteroatoms. The van der Waals surface area contributed by atoms with E-state index in [1.54, 1.807) is 6.92 Å². The number of carbonyl (C=O) groups is 2. The number of methoxy groups -OCH3 is 1. The van der Waals surface area contributed by atoms with Gasteiger partial charge in [0.15, 0.2) is 0 Å². The van der Waals surface area contributed by atoms with Gasteiger partial charge < -0.3 is 14.1 Å². The monoisotopic (exact) mass is 348 g/mol. The second kappa shape index (κ2) is 6.84. The molecule has 0 bridgehead atoms. The molecule has 1 N–H and O–H groups in total. The number of ether oxygens (including phenoxy) is 1. The van der Waals surface area contributed by atoms with Gasteiger partial charge in [-0.25, -0.2) is 4.79 Å². The van der Waals surface area contributed by atoms with E-state index < -0.39 is 30.1 Å². The normalized spacial score (nSPS) is 20.9. The maximum absolute atomic E-state index is 12.7. The molecule has 0 aromatic carbocycles. The summed E-state index contributed by atoms with van der Waals surface area (Å²) in [6, 6.07) is -1.07. The van der Waals surface area contributed by atoms with Crippen LogP contribution in [-0.2, 0) is 16.1 Å². The zero-order valence-electron chi connectivity index (χ0n) is 13.6. The topological polar surface area (TPSA) is 71.8 Å². The van der Waals surface area contributed by atoms with Crippen LogP contribution in [0.25, 0.3) is 0 Å². The summed E-state index contributed by atoms with van der Waals surface area (Å²) in [5.74, 6) is -0.291. The molecule has 134 valence electrons. The van der Waals surface area contributed by atoms with Crippen molar-refractivity contribution < 1.29 is 31.9 Å². The molecule has 0 aliphatic carbocycles. The molecule has 0 radical (unpaired) electrons. The minimum atomic E-state index is -4.36. The number of esters is 1. The molecule has 0 spiro atoms. The number of hydrogen-bond acceptors (Lipinski definition) is 5. The van der Waals surface area contributed by atoms with Crippen LogP contribution in [0.3, 0.4) is 0 Å². The Morgan fingerprint density at radius 2 is 2.08 bits per heavy atom. The van der Waals surface area contributed by atoms with Crippen LogP contribution in [0.2, 0.25) is 0 Å². The number of alkyl halides is 3. The van der Waals surface area contributed by atoms with E-state index in [2.05, 4.69) is 10.1 Å². The van der Waals surface area contributed by atoms with Crippen LogP contribution in [0.1, 0.15) is 34.7 Å². The van der Waals surface area contributed by atoms with Crippen LogP contribution in [0.4, 0.5) is 13.2 Å². The summed E-state index contributed by atoms with van der Waals surface area (Å²) in [7, 11) is 2.72. The van der Waals surface area contributed by atoms with Gasteiger partial charge in [0, 0.05) is 7.05 Å². The van der Waals surface area contributed by atoms with Crippen LogP contribution in [0.5, 0.6) is 0 Å². The molecule has 1 amide bonds. The van der Waals surface area contributed by atoms with Gasteiger partial charge >= 0.3 is 12.1 Å². The quantitative estimate of drug-likeness (QED) is 0.843. The predicted molar refractivity (Wildman–Crippen MR) is 77.3 cm³/mol. The van der Waals surface area contributed by atoms with E-state index >= 15 is 0 Å². The van der Waals surface area contributed by atoms with E-state index in [0.717, 1.165) is 0 Å². The summed E-state index contributed by atoms with van der Waals surface area (Å²) in [6.07, 6.45) is -4.36. The van der Waals surface area contributed by atoms with Gasteiger partial charge in [0.05, 0.1) is 19.7 Å². The molecule has 0 saturated carbocycles. The molecule has 2 unspecified atom stereocenters. The number of aryl methyl sites for hydroxylation is 1. The predicted octanol–water partition coefficient (Wildman–Crippen LogP) is 2.02. The summed E-state index contributed by atoms with van der Waals surface area (Å²) >= 11 is 0. The van der Waals surface area contributed by atoms with Gasteiger partial charge in [-0.15, -0.1) is 0 Å². The summed E-state index contributed by atoms with van der Waals surface area (Å²) in [6.45, 7) is 1.63. The number of hydrogen-bond donors (Lipinski definition) is 1. The van der Waals surface area contributed by atoms with Crippen molar-refractivity contribution in [1.82, 2.24) is 10.2 Å². The van der Waals surface area contributed by atoms with Crippen molar-refractivity contribution in [3.05, 3.63) is 23.2 Å². The van der Waals surface area contributed by atoms with Crippen molar-refractivity contribution in [2.24, 2.45) is 0 Å². The van der Waals surface area contributed by atoms with Gasteiger partial charge in [-0.2, -0.15) is 13.2 Å². The molecule has 24 heavy (non-hydrogen) atoms. The van der Waals surface area contributed by atoms with Gasteiger partial charge in [0.1, 0.15) is 23.1 Å². The Labute approximate surface area is 136 Å². The molecule has 1 saturated heterocycles. The number of likely N-dealkylation sites (N-methyl/N-ethyl adjacent to an activating group) is 1. The van der Waals surface area contributed by atoms with Crippen molar-refractivity contribution in [3.8, 4) is 0 Å². The van der Waals surface area contributed by atoms with E-state index in [4.69, 9.17) is 4.42 Å². The summed E-state index contributed by atoms with van der Waals surface area (Å²) in [5.41, 5.74) is 0.254. The van der Waals surface area contributed by atoms with Crippen molar-refractivity contribution in [2.45, 2.75) is 44.6 Å². The molecule has 1 fully saturated rings. The molecule has 6 nitrogen and oxygen atoms in total. The average Bonchev–Trinajstić information content (AvgIpc) is 3.12. The minimum Gasteiger partial charge on any atom is -0.465 e. The zero-order valence-corrected chi connectivity index (χ0v) is 13.6. The summed E-state index contributed by atoms with van der Waals surface area (Å²) in [5, 5.41) is 2.32. The molecule has 2 heterocycles. The largest absolute Gasteiger partial charge is 0.465 e. The Balaban J connectivity index is 1.99. The van der Waals surface area contributed by atoms with Crippen LogP contribution in [0, 0.1) is 6.92 Å². The molecule has 2 rings (SSSR count). The standard InChI is InChI=1S/C15H19F3N2O4/c1-8-10(14(22)23-3)6-9(24-8)7-20(2)13(21)11-4-5-12(19-11)15(16,17)18/h6,11-12,19H,4-5,7H2,1-3H3. The maximum atomic E-state index is 12.7. The van der Waals surface area contributed by atoms with E-state index in [9.17, 15) is 22.8 Å². The van der Waals surface area contributed by atoms with E-state index in [1.165, 1.54) is 25.1 Å². The lowest BCUT2D eigenvalue weighted by atomic mass is 10.1. The van der Waals surface area contributed by atoms with E-state index in [0.29, 0.717) is 11.5 Å². The van der Waals surface area contributed by atoms with Gasteiger partial charge in [-0.3, -0.25) is 10.1 Å². The van der Waals surface area contributed by atoms with Crippen molar-refractivity contribution in [3.63, 3.8) is 0 Å². The number of nitrogens with one attached hydrogen (secondary N) is 1. The molecular weight excluding hydrogens is 329 g/mol. The minimum absolute atomic E-state index is 0.0472. The summed E-state index contributed by atoms with van der Waals surface area (Å²) < 4.78 is 48.0. The van der Waals surface area contributed by atoms with Gasteiger partial charge in [-0.05, 0) is 25.8 Å². The first-order valence-corrected chi connectivity index (χ1v) is 7.38. The Hall–Kier alpha value is -2.03. The van der Waals surface area contributed by atoms with Crippen molar-refractivity contribution in [1.29, 1.82) is 0 Å². The number of furan rings is 1. The first-order valence-electron chi connectivity index (χ1n) is 7.38. The molecule has 2 atom stereocenters. The van der Waals surface area contributed by atoms with Gasteiger partial charge in [0.25, 0.3) is 0 Å². The van der Waals surface area contributed by atoms with Crippen molar-refractivity contribution >= 4 is 11.9 Å². The molecule has 1 aliphatic heterocycles. The second-order valence-corrected chi connectivity index (χ2v) is 5.76. The van der Waals surface area contributed by atoms with Crippen LogP contribution < -0.4 is 5.32 Å². The molecule has 1 aromatic rings. The third-order valence-electron chi connectivity index (χ3n) is 3.98. The Kier molecular flexibility index (Phi) is 5.22.